The molecule has 0 atom stereocenters. The van der Waals surface area contributed by atoms with E-state index in [9.17, 15) is 4.79 Å². The molecule has 0 saturated carbocycles. The summed E-state index contributed by atoms with van der Waals surface area (Å²) in [5, 5.41) is 2.99. The molecule has 2 amide bonds. The van der Waals surface area contributed by atoms with Gasteiger partial charge in [-0.15, -0.1) is 6.42 Å². The van der Waals surface area contributed by atoms with Crippen molar-refractivity contribution in [2.75, 3.05) is 46.4 Å². The minimum absolute atomic E-state index is 0.0420. The van der Waals surface area contributed by atoms with E-state index < -0.39 is 0 Å². The first-order valence-electron chi connectivity index (χ1n) is 10.2. The third kappa shape index (κ3) is 6.16. The van der Waals surface area contributed by atoms with Crippen molar-refractivity contribution >= 4 is 6.03 Å². The van der Waals surface area contributed by atoms with Crippen molar-refractivity contribution in [2.45, 2.75) is 13.0 Å². The summed E-state index contributed by atoms with van der Waals surface area (Å²) in [4.78, 5) is 16.8. The predicted molar refractivity (Wildman–Crippen MR) is 118 cm³/mol. The quantitative estimate of drug-likeness (QED) is 0.684. The molecular formula is C24H29N3O3. The molecule has 1 heterocycles. The van der Waals surface area contributed by atoms with Gasteiger partial charge in [0, 0.05) is 39.3 Å². The van der Waals surface area contributed by atoms with Crippen LogP contribution in [0.2, 0.25) is 0 Å². The van der Waals surface area contributed by atoms with Crippen LogP contribution >= 0.6 is 0 Å². The molecule has 0 aromatic heterocycles. The van der Waals surface area contributed by atoms with Gasteiger partial charge in [0.1, 0.15) is 6.61 Å². The Bertz CT molecular complexity index is 856. The van der Waals surface area contributed by atoms with Crippen molar-refractivity contribution in [3.8, 4) is 23.8 Å². The fourth-order valence-electron chi connectivity index (χ4n) is 3.46. The molecule has 0 bridgehead atoms. The van der Waals surface area contributed by atoms with E-state index in [2.05, 4.69) is 40.4 Å². The lowest BCUT2D eigenvalue weighted by Gasteiger charge is -2.34. The third-order valence-corrected chi connectivity index (χ3v) is 5.20. The molecule has 0 spiro atoms. The first-order valence-corrected chi connectivity index (χ1v) is 10.2. The molecule has 158 valence electrons. The van der Waals surface area contributed by atoms with E-state index in [1.807, 2.05) is 29.2 Å². The van der Waals surface area contributed by atoms with E-state index in [4.69, 9.17) is 15.9 Å². The van der Waals surface area contributed by atoms with Crippen LogP contribution in [-0.4, -0.2) is 62.3 Å². The van der Waals surface area contributed by atoms with Crippen LogP contribution in [0.4, 0.5) is 4.79 Å². The lowest BCUT2D eigenvalue weighted by molar-refractivity contribution is 0.140. The highest BCUT2D eigenvalue weighted by Gasteiger charge is 2.20. The second kappa shape index (κ2) is 11.1. The number of methoxy groups -OCH3 is 1. The zero-order chi connectivity index (χ0) is 21.2. The van der Waals surface area contributed by atoms with Gasteiger partial charge in [-0.05, 0) is 29.7 Å². The molecule has 1 aliphatic heterocycles. The topological polar surface area (TPSA) is 54.0 Å². The van der Waals surface area contributed by atoms with Crippen LogP contribution in [0.5, 0.6) is 11.5 Å². The highest BCUT2D eigenvalue weighted by Crippen LogP contribution is 2.28. The number of nitrogens with one attached hydrogen (secondary N) is 1. The van der Waals surface area contributed by atoms with Gasteiger partial charge in [-0.1, -0.05) is 42.3 Å². The summed E-state index contributed by atoms with van der Waals surface area (Å²) in [6.07, 6.45) is 6.30. The standard InChI is InChI=1S/C24H29N3O3/c1-3-17-30-23-18-21(9-10-22(23)29-2)19-25-24(28)27-15-13-26(14-16-27)12-11-20-7-5-4-6-8-20/h1,4-10,18H,11-17,19H2,2H3,(H,25,28). The van der Waals surface area contributed by atoms with Crippen LogP contribution < -0.4 is 14.8 Å². The summed E-state index contributed by atoms with van der Waals surface area (Å²) in [5.74, 6) is 3.64. The second-order valence-electron chi connectivity index (χ2n) is 7.20. The number of carbonyl (C=O) groups is 1. The highest BCUT2D eigenvalue weighted by atomic mass is 16.5. The van der Waals surface area contributed by atoms with Gasteiger partial charge in [0.05, 0.1) is 7.11 Å². The number of benzene rings is 2. The van der Waals surface area contributed by atoms with Crippen molar-refractivity contribution in [1.29, 1.82) is 0 Å². The van der Waals surface area contributed by atoms with Crippen LogP contribution in [0.25, 0.3) is 0 Å². The Hall–Kier alpha value is -3.17. The Morgan fingerprint density at radius 1 is 1.07 bits per heavy atom. The van der Waals surface area contributed by atoms with Gasteiger partial charge in [-0.25, -0.2) is 4.79 Å². The number of piperazine rings is 1. The first kappa shape index (κ1) is 21.5. The first-order chi connectivity index (χ1) is 14.7. The number of terminal acetylenes is 1. The molecule has 0 radical (unpaired) electrons. The van der Waals surface area contributed by atoms with Gasteiger partial charge < -0.3 is 19.7 Å². The molecule has 2 aromatic carbocycles. The number of amides is 2. The molecule has 1 saturated heterocycles. The van der Waals surface area contributed by atoms with Crippen molar-refractivity contribution in [3.63, 3.8) is 0 Å². The van der Waals surface area contributed by atoms with Gasteiger partial charge in [0.2, 0.25) is 0 Å². The second-order valence-corrected chi connectivity index (χ2v) is 7.20. The number of rotatable bonds is 8. The Labute approximate surface area is 178 Å². The molecule has 1 N–H and O–H groups in total. The summed E-state index contributed by atoms with van der Waals surface area (Å²) in [5.41, 5.74) is 2.28. The van der Waals surface area contributed by atoms with Crippen LogP contribution in [-0.2, 0) is 13.0 Å². The van der Waals surface area contributed by atoms with Gasteiger partial charge in [-0.3, -0.25) is 4.90 Å². The molecule has 6 heteroatoms. The predicted octanol–water partition coefficient (Wildman–Crippen LogP) is 2.78. The van der Waals surface area contributed by atoms with Crippen LogP contribution in [0.15, 0.2) is 48.5 Å². The number of nitrogens with zero attached hydrogens (tertiary/aromatic N) is 2. The van der Waals surface area contributed by atoms with Gasteiger partial charge in [0.15, 0.2) is 11.5 Å². The normalized spacial score (nSPS) is 14.1. The molecule has 2 aromatic rings. The summed E-state index contributed by atoms with van der Waals surface area (Å²) < 4.78 is 10.8. The zero-order valence-electron chi connectivity index (χ0n) is 17.5. The highest BCUT2D eigenvalue weighted by molar-refractivity contribution is 5.74. The fourth-order valence-corrected chi connectivity index (χ4v) is 3.46. The summed E-state index contributed by atoms with van der Waals surface area (Å²) in [7, 11) is 1.58. The lowest BCUT2D eigenvalue weighted by Crippen LogP contribution is -2.51. The fraction of sp³-hybridized carbons (Fsp3) is 0.375. The smallest absolute Gasteiger partial charge is 0.317 e. The Kier molecular flexibility index (Phi) is 7.99. The summed E-state index contributed by atoms with van der Waals surface area (Å²) in [6.45, 7) is 4.87. The van der Waals surface area contributed by atoms with E-state index >= 15 is 0 Å². The lowest BCUT2D eigenvalue weighted by atomic mass is 10.1. The van der Waals surface area contributed by atoms with E-state index in [0.29, 0.717) is 18.0 Å². The van der Waals surface area contributed by atoms with E-state index in [0.717, 1.165) is 44.7 Å². The molecule has 0 unspecified atom stereocenters. The molecule has 0 aliphatic carbocycles. The number of carbonyl (C=O) groups excluding carboxylic acids is 1. The molecule has 1 aliphatic rings. The molecule has 1 fully saturated rings. The third-order valence-electron chi connectivity index (χ3n) is 5.20. The SMILES string of the molecule is C#CCOc1cc(CNC(=O)N2CCN(CCc3ccccc3)CC2)ccc1OC. The van der Waals surface area contributed by atoms with Crippen molar-refractivity contribution in [2.24, 2.45) is 0 Å². The van der Waals surface area contributed by atoms with Gasteiger partial charge in [-0.2, -0.15) is 0 Å². The largest absolute Gasteiger partial charge is 0.493 e. The van der Waals surface area contributed by atoms with Gasteiger partial charge >= 0.3 is 6.03 Å². The van der Waals surface area contributed by atoms with Crippen LogP contribution in [0, 0.1) is 12.3 Å². The number of ether oxygens (including phenoxy) is 2. The summed E-state index contributed by atoms with van der Waals surface area (Å²) in [6, 6.07) is 16.0. The maximum Gasteiger partial charge on any atom is 0.317 e. The molecule has 30 heavy (non-hydrogen) atoms. The number of hydrogen-bond donors (Lipinski definition) is 1. The minimum Gasteiger partial charge on any atom is -0.493 e. The van der Waals surface area contributed by atoms with E-state index in [1.165, 1.54) is 5.56 Å². The monoisotopic (exact) mass is 407 g/mol. The Morgan fingerprint density at radius 2 is 1.83 bits per heavy atom. The van der Waals surface area contributed by atoms with E-state index in [1.54, 1.807) is 7.11 Å². The van der Waals surface area contributed by atoms with Crippen molar-refractivity contribution in [1.82, 2.24) is 15.1 Å². The average Bonchev–Trinajstić information content (AvgIpc) is 2.81. The Morgan fingerprint density at radius 3 is 2.53 bits per heavy atom. The Balaban J connectivity index is 1.43. The maximum absolute atomic E-state index is 12.6. The summed E-state index contributed by atoms with van der Waals surface area (Å²) >= 11 is 0. The van der Waals surface area contributed by atoms with Gasteiger partial charge in [0.25, 0.3) is 0 Å². The number of urea groups is 1. The number of hydrogen-bond acceptors (Lipinski definition) is 4. The average molecular weight is 408 g/mol. The van der Waals surface area contributed by atoms with Crippen molar-refractivity contribution in [3.05, 3.63) is 59.7 Å². The minimum atomic E-state index is -0.0420. The molecule has 6 nitrogen and oxygen atoms in total. The van der Waals surface area contributed by atoms with E-state index in [-0.39, 0.29) is 12.6 Å². The van der Waals surface area contributed by atoms with Crippen LogP contribution in [0.3, 0.4) is 0 Å². The molecular weight excluding hydrogens is 378 g/mol. The molecule has 3 rings (SSSR count). The van der Waals surface area contributed by atoms with Crippen molar-refractivity contribution < 1.29 is 14.3 Å². The van der Waals surface area contributed by atoms with Crippen LogP contribution in [0.1, 0.15) is 11.1 Å². The maximum atomic E-state index is 12.6. The zero-order valence-corrected chi connectivity index (χ0v) is 17.5.